The van der Waals surface area contributed by atoms with Crippen molar-refractivity contribution in [2.45, 2.75) is 32.6 Å². The van der Waals surface area contributed by atoms with Crippen molar-refractivity contribution in [3.63, 3.8) is 0 Å². The zero-order valence-corrected chi connectivity index (χ0v) is 16.3. The maximum atomic E-state index is 12.8. The van der Waals surface area contributed by atoms with Crippen molar-refractivity contribution in [1.29, 1.82) is 0 Å². The number of rotatable bonds is 3. The molecule has 1 aliphatic heterocycles. The van der Waals surface area contributed by atoms with Gasteiger partial charge in [0.2, 0.25) is 0 Å². The number of imidazole rings is 1. The molecule has 0 saturated carbocycles. The number of nitrogens with zero attached hydrogens (tertiary/aromatic N) is 7. The Balaban J connectivity index is 1.55. The molecule has 0 unspecified atom stereocenters. The smallest absolute Gasteiger partial charge is 0.274 e. The van der Waals surface area contributed by atoms with Crippen molar-refractivity contribution < 1.29 is 4.79 Å². The predicted octanol–water partition coefficient (Wildman–Crippen LogP) is 2.30. The Morgan fingerprint density at radius 1 is 1.07 bits per heavy atom. The van der Waals surface area contributed by atoms with Crippen LogP contribution in [-0.4, -0.2) is 53.4 Å². The Morgan fingerprint density at radius 2 is 1.93 bits per heavy atom. The first-order valence-corrected chi connectivity index (χ1v) is 9.41. The highest BCUT2D eigenvalue weighted by Crippen LogP contribution is 2.27. The Bertz CT molecular complexity index is 996. The fourth-order valence-corrected chi connectivity index (χ4v) is 3.51. The minimum absolute atomic E-state index is 0.0800. The van der Waals surface area contributed by atoms with E-state index >= 15 is 0 Å². The number of aryl methyl sites for hydroxylation is 2. The van der Waals surface area contributed by atoms with Gasteiger partial charge in [-0.15, -0.1) is 0 Å². The van der Waals surface area contributed by atoms with E-state index in [1.54, 1.807) is 24.8 Å². The molecule has 28 heavy (non-hydrogen) atoms. The third-order valence-electron chi connectivity index (χ3n) is 5.26. The number of likely N-dealkylation sites (tertiary alicyclic amines) is 1. The summed E-state index contributed by atoms with van der Waals surface area (Å²) in [5, 5.41) is 0. The number of hydrogen-bond acceptors (Lipinski definition) is 6. The quantitative estimate of drug-likeness (QED) is 0.696. The van der Waals surface area contributed by atoms with Crippen molar-refractivity contribution in [2.75, 3.05) is 13.1 Å². The Morgan fingerprint density at radius 3 is 2.64 bits per heavy atom. The van der Waals surface area contributed by atoms with Gasteiger partial charge in [-0.05, 0) is 26.7 Å². The number of amides is 1. The van der Waals surface area contributed by atoms with Gasteiger partial charge in [0.25, 0.3) is 5.91 Å². The zero-order chi connectivity index (χ0) is 19.7. The Hall–Kier alpha value is -3.16. The van der Waals surface area contributed by atoms with E-state index in [0.717, 1.165) is 48.0 Å². The molecular formula is C20H23N7O. The number of piperidine rings is 1. The Labute approximate surface area is 163 Å². The van der Waals surface area contributed by atoms with Crippen molar-refractivity contribution in [2.24, 2.45) is 7.05 Å². The molecule has 0 spiro atoms. The van der Waals surface area contributed by atoms with Gasteiger partial charge < -0.3 is 9.47 Å². The van der Waals surface area contributed by atoms with Crippen molar-refractivity contribution in [1.82, 2.24) is 34.4 Å². The van der Waals surface area contributed by atoms with Crippen LogP contribution in [0.5, 0.6) is 0 Å². The normalized spacial score (nSPS) is 17.0. The summed E-state index contributed by atoms with van der Waals surface area (Å²) in [7, 11) is 1.97. The van der Waals surface area contributed by atoms with Crippen molar-refractivity contribution in [3.8, 4) is 11.4 Å². The maximum Gasteiger partial charge on any atom is 0.274 e. The highest BCUT2D eigenvalue weighted by Gasteiger charge is 2.27. The fraction of sp³-hybridized carbons (Fsp3) is 0.400. The minimum Gasteiger partial charge on any atom is -0.337 e. The lowest BCUT2D eigenvalue weighted by molar-refractivity contribution is 0.0699. The standard InChI is InChI=1S/C20H23N7O/c1-13-7-24-18(10-22-13)20(28)27-6-4-5-15(12-27)16-8-21-9-17(25-16)19-11-23-14(2)26(19)3/h7-11,15H,4-6,12H2,1-3H3/t15-/m0/s1. The summed E-state index contributed by atoms with van der Waals surface area (Å²) in [5.41, 5.74) is 3.82. The van der Waals surface area contributed by atoms with Crippen LogP contribution in [0, 0.1) is 13.8 Å². The first kappa shape index (κ1) is 18.2. The van der Waals surface area contributed by atoms with Gasteiger partial charge in [-0.2, -0.15) is 0 Å². The van der Waals surface area contributed by atoms with Crippen LogP contribution < -0.4 is 0 Å². The lowest BCUT2D eigenvalue weighted by atomic mass is 9.94. The van der Waals surface area contributed by atoms with E-state index in [0.29, 0.717) is 12.2 Å². The van der Waals surface area contributed by atoms with E-state index in [1.807, 2.05) is 36.6 Å². The largest absolute Gasteiger partial charge is 0.337 e. The summed E-state index contributed by atoms with van der Waals surface area (Å²) >= 11 is 0. The minimum atomic E-state index is -0.0800. The van der Waals surface area contributed by atoms with Gasteiger partial charge in [-0.1, -0.05) is 0 Å². The lowest BCUT2D eigenvalue weighted by Crippen LogP contribution is -2.39. The summed E-state index contributed by atoms with van der Waals surface area (Å²) in [4.78, 5) is 36.6. The molecule has 1 atom stereocenters. The Kier molecular flexibility index (Phi) is 4.85. The second kappa shape index (κ2) is 7.46. The molecule has 0 radical (unpaired) electrons. The van der Waals surface area contributed by atoms with E-state index in [2.05, 4.69) is 19.9 Å². The molecule has 0 aromatic carbocycles. The molecule has 3 aromatic rings. The molecule has 3 aromatic heterocycles. The molecule has 1 amide bonds. The van der Waals surface area contributed by atoms with Crippen LogP contribution in [-0.2, 0) is 7.05 Å². The number of hydrogen-bond donors (Lipinski definition) is 0. The average molecular weight is 377 g/mol. The topological polar surface area (TPSA) is 89.7 Å². The number of carbonyl (C=O) groups is 1. The second-order valence-corrected chi connectivity index (χ2v) is 7.21. The van der Waals surface area contributed by atoms with E-state index in [9.17, 15) is 4.79 Å². The van der Waals surface area contributed by atoms with E-state index in [1.165, 1.54) is 0 Å². The van der Waals surface area contributed by atoms with E-state index < -0.39 is 0 Å². The monoisotopic (exact) mass is 377 g/mol. The summed E-state index contributed by atoms with van der Waals surface area (Å²) in [6.45, 7) is 5.14. The molecule has 0 N–H and O–H groups in total. The van der Waals surface area contributed by atoms with Crippen molar-refractivity contribution >= 4 is 5.91 Å². The molecule has 8 heteroatoms. The van der Waals surface area contributed by atoms with Crippen LogP contribution in [0.2, 0.25) is 0 Å². The molecular weight excluding hydrogens is 354 g/mol. The van der Waals surface area contributed by atoms with Gasteiger partial charge in [0.05, 0.1) is 35.7 Å². The molecule has 144 valence electrons. The number of aromatic nitrogens is 6. The van der Waals surface area contributed by atoms with Crippen LogP contribution >= 0.6 is 0 Å². The second-order valence-electron chi connectivity index (χ2n) is 7.21. The summed E-state index contributed by atoms with van der Waals surface area (Å²) in [5.74, 6) is 0.998. The predicted molar refractivity (Wildman–Crippen MR) is 104 cm³/mol. The van der Waals surface area contributed by atoms with Crippen molar-refractivity contribution in [3.05, 3.63) is 53.9 Å². The van der Waals surface area contributed by atoms with Gasteiger partial charge >= 0.3 is 0 Å². The van der Waals surface area contributed by atoms with E-state index in [4.69, 9.17) is 4.98 Å². The summed E-state index contributed by atoms with van der Waals surface area (Å²) in [6, 6.07) is 0. The first-order chi connectivity index (χ1) is 13.5. The third kappa shape index (κ3) is 3.49. The highest BCUT2D eigenvalue weighted by atomic mass is 16.2. The molecule has 0 bridgehead atoms. The van der Waals surface area contributed by atoms with E-state index in [-0.39, 0.29) is 11.8 Å². The summed E-state index contributed by atoms with van der Waals surface area (Å²) < 4.78 is 2.00. The van der Waals surface area contributed by atoms with Gasteiger partial charge in [-0.3, -0.25) is 14.8 Å². The van der Waals surface area contributed by atoms with Crippen LogP contribution in [0.1, 0.15) is 46.5 Å². The fourth-order valence-electron chi connectivity index (χ4n) is 3.51. The number of carbonyl (C=O) groups excluding carboxylic acids is 1. The molecule has 0 aliphatic carbocycles. The summed E-state index contributed by atoms with van der Waals surface area (Å²) in [6.07, 6.45) is 10.4. The molecule has 1 fully saturated rings. The SMILES string of the molecule is Cc1cnc(C(=O)N2CCC[C@H](c3cncc(-c4cnc(C)n4C)n3)C2)cn1. The molecule has 4 heterocycles. The van der Waals surface area contributed by atoms with Crippen LogP contribution in [0.25, 0.3) is 11.4 Å². The van der Waals surface area contributed by atoms with Gasteiger partial charge in [0.15, 0.2) is 0 Å². The lowest BCUT2D eigenvalue weighted by Gasteiger charge is -2.32. The third-order valence-corrected chi connectivity index (χ3v) is 5.26. The van der Waals surface area contributed by atoms with Gasteiger partial charge in [0, 0.05) is 38.4 Å². The van der Waals surface area contributed by atoms with Crippen LogP contribution in [0.3, 0.4) is 0 Å². The first-order valence-electron chi connectivity index (χ1n) is 9.41. The molecule has 8 nitrogen and oxygen atoms in total. The molecule has 1 aliphatic rings. The highest BCUT2D eigenvalue weighted by molar-refractivity contribution is 5.92. The molecule has 1 saturated heterocycles. The van der Waals surface area contributed by atoms with Crippen LogP contribution in [0.15, 0.2) is 31.0 Å². The zero-order valence-electron chi connectivity index (χ0n) is 16.3. The average Bonchev–Trinajstić information content (AvgIpc) is 3.07. The maximum absolute atomic E-state index is 12.8. The van der Waals surface area contributed by atoms with Gasteiger partial charge in [0.1, 0.15) is 17.2 Å². The molecule has 4 rings (SSSR count). The van der Waals surface area contributed by atoms with Gasteiger partial charge in [-0.25, -0.2) is 15.0 Å². The van der Waals surface area contributed by atoms with Crippen LogP contribution in [0.4, 0.5) is 0 Å².